The van der Waals surface area contributed by atoms with Gasteiger partial charge in [0.15, 0.2) is 0 Å². The molecule has 0 fully saturated rings. The Morgan fingerprint density at radius 1 is 0.786 bits per heavy atom. The number of hydrogen-bond acceptors (Lipinski definition) is 4. The zero-order chi connectivity index (χ0) is 19.8. The van der Waals surface area contributed by atoms with Crippen molar-refractivity contribution >= 4 is 27.1 Å². The second-order valence-electron chi connectivity index (χ2n) is 6.44. The minimum atomic E-state index is -3.62. The predicted molar refractivity (Wildman–Crippen MR) is 113 cm³/mol. The van der Waals surface area contributed by atoms with Gasteiger partial charge in [-0.05, 0) is 66.9 Å². The Bertz CT molecular complexity index is 1010. The third kappa shape index (κ3) is 5.50. The smallest absolute Gasteiger partial charge is 0.261 e. The number of hydrogen-bond donors (Lipinski definition) is 1. The Hall–Kier alpha value is -2.99. The minimum Gasteiger partial charge on any atom is -0.280 e. The number of aryl methyl sites for hydroxylation is 1. The van der Waals surface area contributed by atoms with Crippen molar-refractivity contribution in [1.29, 1.82) is 0 Å². The molecule has 0 spiro atoms. The summed E-state index contributed by atoms with van der Waals surface area (Å²) in [5.41, 5.74) is 3.03. The maximum absolute atomic E-state index is 12.6. The lowest BCUT2D eigenvalue weighted by atomic mass is 10.1. The topological polar surface area (TPSA) is 70.9 Å². The van der Waals surface area contributed by atoms with E-state index in [1.54, 1.807) is 36.4 Å². The van der Waals surface area contributed by atoms with Gasteiger partial charge in [0, 0.05) is 5.69 Å². The van der Waals surface area contributed by atoms with Crippen molar-refractivity contribution in [2.45, 2.75) is 31.1 Å². The second kappa shape index (κ2) is 9.28. The van der Waals surface area contributed by atoms with Crippen LogP contribution in [0.5, 0.6) is 0 Å². The zero-order valence-corrected chi connectivity index (χ0v) is 16.6. The number of anilines is 1. The Labute approximate surface area is 166 Å². The lowest BCUT2D eigenvalue weighted by Gasteiger charge is -2.09. The molecule has 0 atom stereocenters. The first-order chi connectivity index (χ1) is 13.6. The van der Waals surface area contributed by atoms with E-state index in [9.17, 15) is 8.42 Å². The molecule has 144 valence electrons. The van der Waals surface area contributed by atoms with Crippen LogP contribution in [0.25, 0.3) is 0 Å². The van der Waals surface area contributed by atoms with Crippen molar-refractivity contribution in [2.24, 2.45) is 10.2 Å². The number of nitrogens with zero attached hydrogens (tertiary/aromatic N) is 2. The molecule has 0 unspecified atom stereocenters. The highest BCUT2D eigenvalue weighted by Crippen LogP contribution is 2.22. The number of rotatable bonds is 8. The van der Waals surface area contributed by atoms with Gasteiger partial charge in [-0.15, -0.1) is 0 Å². The van der Waals surface area contributed by atoms with Crippen LogP contribution < -0.4 is 4.72 Å². The molecule has 0 aliphatic rings. The van der Waals surface area contributed by atoms with E-state index in [4.69, 9.17) is 0 Å². The van der Waals surface area contributed by atoms with Gasteiger partial charge in [0.1, 0.15) is 0 Å². The van der Waals surface area contributed by atoms with E-state index in [0.717, 1.165) is 30.5 Å². The number of nitrogens with one attached hydrogen (secondary N) is 1. The number of benzene rings is 3. The van der Waals surface area contributed by atoms with Crippen molar-refractivity contribution < 1.29 is 8.42 Å². The van der Waals surface area contributed by atoms with Crippen LogP contribution in [0.4, 0.5) is 17.1 Å². The predicted octanol–water partition coefficient (Wildman–Crippen LogP) is 6.25. The first-order valence-corrected chi connectivity index (χ1v) is 10.7. The third-order valence-corrected chi connectivity index (χ3v) is 5.61. The molecule has 0 saturated carbocycles. The molecule has 28 heavy (non-hydrogen) atoms. The molecule has 0 radical (unpaired) electrons. The highest BCUT2D eigenvalue weighted by molar-refractivity contribution is 7.92. The number of azo groups is 1. The Kier molecular flexibility index (Phi) is 6.55. The van der Waals surface area contributed by atoms with Crippen LogP contribution >= 0.6 is 0 Å². The van der Waals surface area contributed by atoms with Gasteiger partial charge >= 0.3 is 0 Å². The first-order valence-electron chi connectivity index (χ1n) is 9.25. The molecule has 3 aromatic carbocycles. The van der Waals surface area contributed by atoms with E-state index in [1.165, 1.54) is 0 Å². The summed E-state index contributed by atoms with van der Waals surface area (Å²) in [7, 11) is -3.62. The standard InChI is InChI=1S/C22H23N3O2S/c1-2-3-7-18-10-16-22(17-11-18)28(26,27)25-21-14-12-20(13-15-21)24-23-19-8-5-4-6-9-19/h4-6,8-17,25H,2-3,7H2,1H3. The van der Waals surface area contributed by atoms with Crippen LogP contribution in [0.15, 0.2) is 94.0 Å². The molecule has 0 aromatic heterocycles. The van der Waals surface area contributed by atoms with E-state index in [0.29, 0.717) is 11.4 Å². The molecule has 0 bridgehead atoms. The SMILES string of the molecule is CCCCc1ccc(S(=O)(=O)Nc2ccc(N=Nc3ccccc3)cc2)cc1. The van der Waals surface area contributed by atoms with Crippen molar-refractivity contribution in [2.75, 3.05) is 4.72 Å². The molecule has 5 nitrogen and oxygen atoms in total. The molecule has 6 heteroatoms. The Balaban J connectivity index is 1.66. The van der Waals surface area contributed by atoms with Gasteiger partial charge < -0.3 is 0 Å². The summed E-state index contributed by atoms with van der Waals surface area (Å²) < 4.78 is 27.7. The van der Waals surface area contributed by atoms with Crippen molar-refractivity contribution in [3.63, 3.8) is 0 Å². The maximum Gasteiger partial charge on any atom is 0.261 e. The summed E-state index contributed by atoms with van der Waals surface area (Å²) in [5, 5.41) is 8.30. The number of sulfonamides is 1. The Morgan fingerprint density at radius 2 is 1.39 bits per heavy atom. The van der Waals surface area contributed by atoms with Crippen molar-refractivity contribution in [1.82, 2.24) is 0 Å². The quantitative estimate of drug-likeness (QED) is 0.460. The zero-order valence-electron chi connectivity index (χ0n) is 15.7. The second-order valence-corrected chi connectivity index (χ2v) is 8.12. The van der Waals surface area contributed by atoms with Gasteiger partial charge in [-0.2, -0.15) is 10.2 Å². The summed E-state index contributed by atoms with van der Waals surface area (Å²) in [6, 6.07) is 23.2. The van der Waals surface area contributed by atoms with Gasteiger partial charge in [0.2, 0.25) is 0 Å². The molecule has 0 heterocycles. The lowest BCUT2D eigenvalue weighted by Crippen LogP contribution is -2.12. The molecule has 0 aliphatic carbocycles. The summed E-state index contributed by atoms with van der Waals surface area (Å²) in [6.45, 7) is 2.14. The van der Waals surface area contributed by atoms with Crippen LogP contribution in [0.2, 0.25) is 0 Å². The van der Waals surface area contributed by atoms with Crippen molar-refractivity contribution in [3.8, 4) is 0 Å². The summed E-state index contributed by atoms with van der Waals surface area (Å²) in [5.74, 6) is 0. The number of unbranched alkanes of at least 4 members (excludes halogenated alkanes) is 1. The van der Waals surface area contributed by atoms with Crippen LogP contribution in [-0.4, -0.2) is 8.42 Å². The van der Waals surface area contributed by atoms with Crippen LogP contribution in [0.3, 0.4) is 0 Å². The fourth-order valence-electron chi connectivity index (χ4n) is 2.64. The monoisotopic (exact) mass is 393 g/mol. The van der Waals surface area contributed by atoms with Gasteiger partial charge in [-0.25, -0.2) is 8.42 Å². The molecular formula is C22H23N3O2S. The molecule has 1 N–H and O–H groups in total. The highest BCUT2D eigenvalue weighted by Gasteiger charge is 2.14. The van der Waals surface area contributed by atoms with E-state index >= 15 is 0 Å². The van der Waals surface area contributed by atoms with Gasteiger partial charge in [-0.3, -0.25) is 4.72 Å². The highest BCUT2D eigenvalue weighted by atomic mass is 32.2. The first kappa shape index (κ1) is 19.8. The largest absolute Gasteiger partial charge is 0.280 e. The molecule has 0 amide bonds. The molecule has 0 aliphatic heterocycles. The van der Waals surface area contributed by atoms with E-state index in [1.807, 2.05) is 42.5 Å². The fourth-order valence-corrected chi connectivity index (χ4v) is 3.70. The molecule has 0 saturated heterocycles. The third-order valence-electron chi connectivity index (χ3n) is 4.21. The van der Waals surface area contributed by atoms with Crippen molar-refractivity contribution in [3.05, 3.63) is 84.4 Å². The average Bonchev–Trinajstić information content (AvgIpc) is 2.72. The minimum absolute atomic E-state index is 0.251. The summed E-state index contributed by atoms with van der Waals surface area (Å²) in [4.78, 5) is 0.251. The van der Waals surface area contributed by atoms with Crippen LogP contribution in [-0.2, 0) is 16.4 Å². The summed E-state index contributed by atoms with van der Waals surface area (Å²) in [6.07, 6.45) is 3.17. The van der Waals surface area contributed by atoms with Gasteiger partial charge in [0.05, 0.1) is 16.3 Å². The lowest BCUT2D eigenvalue weighted by molar-refractivity contribution is 0.601. The van der Waals surface area contributed by atoms with E-state index in [-0.39, 0.29) is 4.90 Å². The molecule has 3 aromatic rings. The van der Waals surface area contributed by atoms with E-state index < -0.39 is 10.0 Å². The normalized spacial score (nSPS) is 11.6. The van der Waals surface area contributed by atoms with Gasteiger partial charge in [0.25, 0.3) is 10.0 Å². The average molecular weight is 394 g/mol. The maximum atomic E-state index is 12.6. The van der Waals surface area contributed by atoms with Crippen LogP contribution in [0.1, 0.15) is 25.3 Å². The summed E-state index contributed by atoms with van der Waals surface area (Å²) >= 11 is 0. The van der Waals surface area contributed by atoms with E-state index in [2.05, 4.69) is 21.9 Å². The Morgan fingerprint density at radius 3 is 2.00 bits per heavy atom. The van der Waals surface area contributed by atoms with Crippen LogP contribution in [0, 0.1) is 0 Å². The molecular weight excluding hydrogens is 370 g/mol. The molecule has 3 rings (SSSR count). The van der Waals surface area contributed by atoms with Gasteiger partial charge in [-0.1, -0.05) is 43.7 Å². The fraction of sp³-hybridized carbons (Fsp3) is 0.182.